The van der Waals surface area contributed by atoms with Crippen molar-refractivity contribution in [3.63, 3.8) is 0 Å². The maximum atomic E-state index is 12.8. The van der Waals surface area contributed by atoms with E-state index in [1.54, 1.807) is 28.6 Å². The molecule has 0 unspecified atom stereocenters. The number of guanidine groups is 1. The van der Waals surface area contributed by atoms with Crippen molar-refractivity contribution in [3.8, 4) is 0 Å². The van der Waals surface area contributed by atoms with Crippen LogP contribution in [-0.2, 0) is 16.6 Å². The van der Waals surface area contributed by atoms with E-state index >= 15 is 0 Å². The Labute approximate surface area is 138 Å². The van der Waals surface area contributed by atoms with Gasteiger partial charge in [0.2, 0.25) is 10.0 Å². The molecule has 0 aromatic heterocycles. The SMILES string of the molecule is C=CCNC(N)=NCc1ccccc1S(=O)(=O)N1CCCCC1. The summed E-state index contributed by atoms with van der Waals surface area (Å²) in [5, 5.41) is 2.87. The van der Waals surface area contributed by atoms with Gasteiger partial charge in [-0.3, -0.25) is 0 Å². The van der Waals surface area contributed by atoms with E-state index in [0.29, 0.717) is 30.1 Å². The summed E-state index contributed by atoms with van der Waals surface area (Å²) in [6, 6.07) is 6.97. The lowest BCUT2D eigenvalue weighted by atomic mass is 10.2. The summed E-state index contributed by atoms with van der Waals surface area (Å²) in [6.07, 6.45) is 4.59. The Morgan fingerprint density at radius 3 is 2.70 bits per heavy atom. The number of aliphatic imine (C=N–C) groups is 1. The number of piperidine rings is 1. The molecule has 0 aliphatic carbocycles. The molecule has 0 atom stereocenters. The van der Waals surface area contributed by atoms with Crippen LogP contribution in [0.15, 0.2) is 46.8 Å². The Bertz CT molecular complexity index is 664. The maximum Gasteiger partial charge on any atom is 0.243 e. The van der Waals surface area contributed by atoms with E-state index in [9.17, 15) is 8.42 Å². The molecule has 1 saturated heterocycles. The normalized spacial score (nSPS) is 17.0. The first-order valence-corrected chi connectivity index (χ1v) is 9.22. The van der Waals surface area contributed by atoms with E-state index in [4.69, 9.17) is 5.73 Å². The van der Waals surface area contributed by atoms with Gasteiger partial charge < -0.3 is 11.1 Å². The Hall–Kier alpha value is -1.86. The lowest BCUT2D eigenvalue weighted by Gasteiger charge is -2.26. The summed E-state index contributed by atoms with van der Waals surface area (Å²) in [4.78, 5) is 4.53. The van der Waals surface area contributed by atoms with Crippen LogP contribution in [0.5, 0.6) is 0 Å². The molecule has 1 aliphatic heterocycles. The molecule has 0 spiro atoms. The minimum absolute atomic E-state index is 0.221. The number of benzene rings is 1. The van der Waals surface area contributed by atoms with Gasteiger partial charge in [0.1, 0.15) is 0 Å². The number of nitrogens with two attached hydrogens (primary N) is 1. The molecule has 6 nitrogen and oxygen atoms in total. The average molecular weight is 336 g/mol. The number of hydrogen-bond acceptors (Lipinski definition) is 3. The third-order valence-corrected chi connectivity index (χ3v) is 5.75. The summed E-state index contributed by atoms with van der Waals surface area (Å²) in [7, 11) is -3.47. The molecule has 23 heavy (non-hydrogen) atoms. The summed E-state index contributed by atoms with van der Waals surface area (Å²) in [6.45, 7) is 5.50. The van der Waals surface area contributed by atoms with Crippen molar-refractivity contribution < 1.29 is 8.42 Å². The van der Waals surface area contributed by atoms with Crippen molar-refractivity contribution in [1.29, 1.82) is 0 Å². The standard InChI is InChI=1S/C16H24N4O2S/c1-2-10-18-16(17)19-13-14-8-4-5-9-15(14)23(21,22)20-11-6-3-7-12-20/h2,4-5,8-9H,1,3,6-7,10-13H2,(H3,17,18,19). The highest BCUT2D eigenvalue weighted by Gasteiger charge is 2.27. The van der Waals surface area contributed by atoms with E-state index in [-0.39, 0.29) is 12.5 Å². The predicted octanol–water partition coefficient (Wildman–Crippen LogP) is 1.45. The topological polar surface area (TPSA) is 87.8 Å². The molecule has 126 valence electrons. The number of nitrogens with zero attached hydrogens (tertiary/aromatic N) is 2. The molecule has 0 saturated carbocycles. The van der Waals surface area contributed by atoms with Crippen molar-refractivity contribution in [2.24, 2.45) is 10.7 Å². The Morgan fingerprint density at radius 1 is 1.30 bits per heavy atom. The Kier molecular flexibility index (Phi) is 6.18. The molecular weight excluding hydrogens is 312 g/mol. The second-order valence-electron chi connectivity index (χ2n) is 5.44. The number of sulfonamides is 1. The Morgan fingerprint density at radius 2 is 2.00 bits per heavy atom. The van der Waals surface area contributed by atoms with Crippen molar-refractivity contribution >= 4 is 16.0 Å². The number of hydrogen-bond donors (Lipinski definition) is 2. The zero-order valence-corrected chi connectivity index (χ0v) is 14.1. The van der Waals surface area contributed by atoms with E-state index in [2.05, 4.69) is 16.9 Å². The second-order valence-corrected chi connectivity index (χ2v) is 7.35. The molecule has 1 aliphatic rings. The molecule has 0 bridgehead atoms. The Balaban J connectivity index is 2.21. The van der Waals surface area contributed by atoms with Crippen LogP contribution < -0.4 is 11.1 Å². The molecule has 3 N–H and O–H groups in total. The van der Waals surface area contributed by atoms with Gasteiger partial charge in [-0.25, -0.2) is 13.4 Å². The van der Waals surface area contributed by atoms with E-state index in [1.807, 2.05) is 6.07 Å². The van der Waals surface area contributed by atoms with Gasteiger partial charge in [-0.05, 0) is 24.5 Å². The molecule has 1 heterocycles. The largest absolute Gasteiger partial charge is 0.370 e. The molecule has 0 amide bonds. The minimum atomic E-state index is -3.47. The number of nitrogens with one attached hydrogen (secondary N) is 1. The fourth-order valence-electron chi connectivity index (χ4n) is 2.53. The highest BCUT2D eigenvalue weighted by molar-refractivity contribution is 7.89. The first-order valence-electron chi connectivity index (χ1n) is 7.78. The molecule has 1 fully saturated rings. The lowest BCUT2D eigenvalue weighted by molar-refractivity contribution is 0.346. The second kappa shape index (κ2) is 8.12. The van der Waals surface area contributed by atoms with E-state index in [0.717, 1.165) is 19.3 Å². The third-order valence-electron chi connectivity index (χ3n) is 3.75. The summed E-state index contributed by atoms with van der Waals surface area (Å²) in [5.41, 5.74) is 6.39. The quantitative estimate of drug-likeness (QED) is 0.467. The minimum Gasteiger partial charge on any atom is -0.370 e. The number of rotatable bonds is 6. The summed E-state index contributed by atoms with van der Waals surface area (Å²) >= 11 is 0. The maximum absolute atomic E-state index is 12.8. The molecule has 0 radical (unpaired) electrons. The van der Waals surface area contributed by atoms with Crippen LogP contribution in [0.4, 0.5) is 0 Å². The van der Waals surface area contributed by atoms with Crippen LogP contribution in [0.2, 0.25) is 0 Å². The molecule has 1 aromatic rings. The van der Waals surface area contributed by atoms with Gasteiger partial charge >= 0.3 is 0 Å². The van der Waals surface area contributed by atoms with E-state index in [1.165, 1.54) is 0 Å². The van der Waals surface area contributed by atoms with Crippen LogP contribution in [0.3, 0.4) is 0 Å². The first kappa shape index (κ1) is 17.5. The summed E-state index contributed by atoms with van der Waals surface area (Å²) in [5.74, 6) is 0.273. The summed E-state index contributed by atoms with van der Waals surface area (Å²) < 4.78 is 27.3. The van der Waals surface area contributed by atoms with Gasteiger partial charge in [-0.1, -0.05) is 30.7 Å². The highest BCUT2D eigenvalue weighted by Crippen LogP contribution is 2.23. The van der Waals surface area contributed by atoms with Crippen molar-refractivity contribution in [2.45, 2.75) is 30.7 Å². The van der Waals surface area contributed by atoms with Gasteiger partial charge in [0.15, 0.2) is 5.96 Å². The van der Waals surface area contributed by atoms with Crippen LogP contribution in [0.25, 0.3) is 0 Å². The monoisotopic (exact) mass is 336 g/mol. The average Bonchev–Trinajstić information content (AvgIpc) is 2.59. The molecule has 1 aromatic carbocycles. The van der Waals surface area contributed by atoms with E-state index < -0.39 is 10.0 Å². The van der Waals surface area contributed by atoms with Gasteiger partial charge in [0.05, 0.1) is 11.4 Å². The highest BCUT2D eigenvalue weighted by atomic mass is 32.2. The van der Waals surface area contributed by atoms with Crippen LogP contribution in [0.1, 0.15) is 24.8 Å². The van der Waals surface area contributed by atoms with Crippen molar-refractivity contribution in [3.05, 3.63) is 42.5 Å². The fraction of sp³-hybridized carbons (Fsp3) is 0.438. The van der Waals surface area contributed by atoms with Gasteiger partial charge in [0.25, 0.3) is 0 Å². The van der Waals surface area contributed by atoms with Gasteiger partial charge in [0, 0.05) is 19.6 Å². The van der Waals surface area contributed by atoms with Crippen LogP contribution in [0, 0.1) is 0 Å². The molecule has 7 heteroatoms. The van der Waals surface area contributed by atoms with Crippen molar-refractivity contribution in [2.75, 3.05) is 19.6 Å². The predicted molar refractivity (Wildman–Crippen MR) is 92.6 cm³/mol. The van der Waals surface area contributed by atoms with Crippen LogP contribution in [-0.4, -0.2) is 38.3 Å². The van der Waals surface area contributed by atoms with Crippen molar-refractivity contribution in [1.82, 2.24) is 9.62 Å². The van der Waals surface area contributed by atoms with Gasteiger partial charge in [-0.15, -0.1) is 6.58 Å². The van der Waals surface area contributed by atoms with Crippen LogP contribution >= 0.6 is 0 Å². The fourth-order valence-corrected chi connectivity index (χ4v) is 4.26. The van der Waals surface area contributed by atoms with Gasteiger partial charge in [-0.2, -0.15) is 4.31 Å². The third kappa shape index (κ3) is 4.56. The zero-order chi connectivity index (χ0) is 16.7. The molecule has 2 rings (SSSR count). The molecular formula is C16H24N4O2S. The first-order chi connectivity index (χ1) is 11.1. The lowest BCUT2D eigenvalue weighted by Crippen LogP contribution is -2.36. The smallest absolute Gasteiger partial charge is 0.243 e. The zero-order valence-electron chi connectivity index (χ0n) is 13.2.